The fraction of sp³-hybridized carbons (Fsp3) is 0.0189. The summed E-state index contributed by atoms with van der Waals surface area (Å²) in [5.74, 6) is -0.374. The molecule has 1 aromatic heterocycles. The molecule has 0 spiro atoms. The largest absolute Gasteiger partial charge is 0.534 e. The first-order valence-electron chi connectivity index (χ1n) is 20.3. The first-order chi connectivity index (χ1) is 31.2. The van der Waals surface area contributed by atoms with E-state index in [1.807, 2.05) is 200 Å². The summed E-state index contributed by atoms with van der Waals surface area (Å²) in [4.78, 5) is 4.13. The third-order valence-corrected chi connectivity index (χ3v) is 12.6. The van der Waals surface area contributed by atoms with E-state index in [1.165, 1.54) is 11.3 Å². The lowest BCUT2D eigenvalue weighted by molar-refractivity contribution is -0.0499. The maximum absolute atomic E-state index is 14.0. The third kappa shape index (κ3) is 8.46. The minimum Gasteiger partial charge on any atom is -0.374 e. The zero-order valence-corrected chi connectivity index (χ0v) is 35.6. The smallest absolute Gasteiger partial charge is 0.374 e. The number of rotatable bonds is 10. The van der Waals surface area contributed by atoms with Crippen molar-refractivity contribution < 1.29 is 25.8 Å². The molecule has 0 amide bonds. The van der Waals surface area contributed by atoms with Gasteiger partial charge in [0, 0.05) is 55.7 Å². The van der Waals surface area contributed by atoms with Crippen LogP contribution in [-0.2, 0) is 10.1 Å². The second-order valence-electron chi connectivity index (χ2n) is 14.5. The molecule has 0 bridgehead atoms. The van der Waals surface area contributed by atoms with Crippen molar-refractivity contribution >= 4 is 97.9 Å². The maximum atomic E-state index is 14.0. The molecule has 0 unspecified atom stereocenters. The van der Waals surface area contributed by atoms with Crippen molar-refractivity contribution in [1.29, 1.82) is 0 Å². The van der Waals surface area contributed by atoms with Gasteiger partial charge < -0.3 is 19.3 Å². The highest BCUT2D eigenvalue weighted by atomic mass is 32.2. The highest BCUT2D eigenvalue weighted by Gasteiger charge is 2.49. The van der Waals surface area contributed by atoms with E-state index in [-0.39, 0.29) is 15.8 Å². The Labute approximate surface area is 372 Å². The molecule has 0 aliphatic carbocycles. The third-order valence-electron chi connectivity index (χ3n) is 10.4. The Bertz CT molecular complexity index is 3150. The summed E-state index contributed by atoms with van der Waals surface area (Å²) < 4.78 is 73.7. The monoisotopic (exact) mass is 885 g/mol. The van der Waals surface area contributed by atoms with E-state index < -0.39 is 15.6 Å². The molecule has 1 N–H and O–H groups in total. The predicted octanol–water partition coefficient (Wildman–Crippen LogP) is 15.8. The van der Waals surface area contributed by atoms with Crippen LogP contribution in [0.5, 0.6) is 5.75 Å². The predicted molar refractivity (Wildman–Crippen MR) is 258 cm³/mol. The molecule has 11 heteroatoms. The Balaban J connectivity index is 0.000000341. The molecule has 0 saturated carbocycles. The van der Waals surface area contributed by atoms with Crippen molar-refractivity contribution in [3.63, 3.8) is 0 Å². The summed E-state index contributed by atoms with van der Waals surface area (Å²) in [5, 5.41) is 5.31. The average molecular weight is 886 g/mol. The van der Waals surface area contributed by atoms with Crippen LogP contribution < -0.4 is 19.3 Å². The fourth-order valence-corrected chi connectivity index (χ4v) is 9.49. The second-order valence-corrected chi connectivity index (χ2v) is 17.1. The molecule has 0 aliphatic heterocycles. The van der Waals surface area contributed by atoms with Gasteiger partial charge in [-0.1, -0.05) is 146 Å². The van der Waals surface area contributed by atoms with Crippen LogP contribution in [0.25, 0.3) is 30.9 Å². The number of thiophene rings is 1. The van der Waals surface area contributed by atoms with Crippen molar-refractivity contribution in [2.75, 3.05) is 15.1 Å². The van der Waals surface area contributed by atoms with Gasteiger partial charge in [-0.05, 0) is 78.9 Å². The van der Waals surface area contributed by atoms with Crippen molar-refractivity contribution in [1.82, 2.24) is 0 Å². The molecule has 10 rings (SSSR count). The van der Waals surface area contributed by atoms with Crippen LogP contribution in [0.3, 0.4) is 0 Å². The normalized spacial score (nSPS) is 11.5. The number of hydrogen-bond donors (Lipinski definition) is 1. The first-order valence-corrected chi connectivity index (χ1v) is 22.5. The van der Waals surface area contributed by atoms with E-state index in [1.54, 1.807) is 24.3 Å². The lowest BCUT2D eigenvalue weighted by Gasteiger charge is -2.28. The average Bonchev–Trinajstić information content (AvgIpc) is 3.72. The topological polar surface area (TPSA) is 61.9 Å². The van der Waals surface area contributed by atoms with Crippen LogP contribution in [0, 0.1) is 0 Å². The van der Waals surface area contributed by atoms with Gasteiger partial charge in [-0.3, -0.25) is 0 Å². The molecule has 0 aliphatic rings. The number of anilines is 8. The molecule has 0 atom stereocenters. The summed E-state index contributed by atoms with van der Waals surface area (Å²) in [6, 6.07) is 71.7. The van der Waals surface area contributed by atoms with Gasteiger partial charge in [-0.25, -0.2) is 0 Å². The number of benzene rings is 9. The standard InChI is InChI=1S/C41H27F3N2O3S2.C12H11N/c42-41(43,44)51(47,48)49-38-33-25-14-13-24-32(33)37(46(30-20-9-3-10-21-30)31-22-11-4-12-23-31)36-34-26-15-27-35(39(34)50-40(36)38)45(28-16-5-1-6-17-28)29-18-7-2-8-19-29;1-3-7-11(8-4-1)13-12-9-5-2-6-10-12/h1-27H;1-10,13H. The van der Waals surface area contributed by atoms with E-state index in [0.29, 0.717) is 16.5 Å². The van der Waals surface area contributed by atoms with Crippen LogP contribution in [-0.4, -0.2) is 13.9 Å². The van der Waals surface area contributed by atoms with Crippen LogP contribution >= 0.6 is 11.3 Å². The number of fused-ring (bicyclic) bond motifs is 4. The summed E-state index contributed by atoms with van der Waals surface area (Å²) in [6.45, 7) is 0. The minimum absolute atomic E-state index is 0.223. The van der Waals surface area contributed by atoms with Gasteiger partial charge >= 0.3 is 15.6 Å². The summed E-state index contributed by atoms with van der Waals surface area (Å²) in [6.07, 6.45) is 0. The second kappa shape index (κ2) is 18.0. The zero-order valence-electron chi connectivity index (χ0n) is 33.9. The Morgan fingerprint density at radius 2 is 0.828 bits per heavy atom. The molecular formula is C53H38F3N3O3S2. The van der Waals surface area contributed by atoms with Crippen molar-refractivity contribution in [3.05, 3.63) is 224 Å². The Morgan fingerprint density at radius 1 is 0.438 bits per heavy atom. The number of para-hydroxylation sites is 6. The van der Waals surface area contributed by atoms with E-state index in [0.717, 1.165) is 49.9 Å². The van der Waals surface area contributed by atoms with Gasteiger partial charge in [0.05, 0.1) is 20.8 Å². The van der Waals surface area contributed by atoms with E-state index >= 15 is 0 Å². The number of alkyl halides is 3. The quantitative estimate of drug-likeness (QED) is 0.109. The van der Waals surface area contributed by atoms with Gasteiger partial charge in [0.1, 0.15) is 0 Å². The minimum atomic E-state index is -6.04. The van der Waals surface area contributed by atoms with Gasteiger partial charge in [0.25, 0.3) is 0 Å². The lowest BCUT2D eigenvalue weighted by Crippen LogP contribution is -2.28. The fourth-order valence-electron chi connectivity index (χ4n) is 7.64. The molecule has 10 aromatic rings. The van der Waals surface area contributed by atoms with E-state index in [2.05, 4.69) is 15.1 Å². The molecule has 0 fully saturated rings. The van der Waals surface area contributed by atoms with Gasteiger partial charge in [0.2, 0.25) is 0 Å². The Hall–Kier alpha value is -7.60. The Kier molecular flexibility index (Phi) is 11.7. The Morgan fingerprint density at radius 3 is 1.28 bits per heavy atom. The van der Waals surface area contributed by atoms with Crippen LogP contribution in [0.15, 0.2) is 224 Å². The van der Waals surface area contributed by atoms with Gasteiger partial charge in [0.15, 0.2) is 5.75 Å². The zero-order chi connectivity index (χ0) is 44.1. The first kappa shape index (κ1) is 41.7. The van der Waals surface area contributed by atoms with Crippen LogP contribution in [0.2, 0.25) is 0 Å². The molecule has 316 valence electrons. The lowest BCUT2D eigenvalue weighted by atomic mass is 9.99. The maximum Gasteiger partial charge on any atom is 0.534 e. The number of halogens is 3. The van der Waals surface area contributed by atoms with Gasteiger partial charge in [-0.2, -0.15) is 21.6 Å². The van der Waals surface area contributed by atoms with Gasteiger partial charge in [-0.15, -0.1) is 11.3 Å². The SMILES string of the molecule is O=S(=O)(Oc1c2ccccc2c(N(c2ccccc2)c2ccccc2)c2c1sc1c(N(c3ccccc3)c3ccccc3)cccc12)C(F)(F)F.c1ccc(Nc2ccccc2)cc1. The number of hydrogen-bond acceptors (Lipinski definition) is 7. The van der Waals surface area contributed by atoms with Crippen molar-refractivity contribution in [2.45, 2.75) is 5.51 Å². The highest BCUT2D eigenvalue weighted by molar-refractivity contribution is 7.88. The number of nitrogens with one attached hydrogen (secondary N) is 1. The molecular weight excluding hydrogens is 848 g/mol. The van der Waals surface area contributed by atoms with Crippen LogP contribution in [0.4, 0.5) is 58.7 Å². The van der Waals surface area contributed by atoms with Crippen molar-refractivity contribution in [2.24, 2.45) is 0 Å². The van der Waals surface area contributed by atoms with E-state index in [4.69, 9.17) is 4.18 Å². The molecule has 0 radical (unpaired) electrons. The highest BCUT2D eigenvalue weighted by Crippen LogP contribution is 2.55. The molecule has 64 heavy (non-hydrogen) atoms. The summed E-state index contributed by atoms with van der Waals surface area (Å²) >= 11 is 1.20. The summed E-state index contributed by atoms with van der Waals surface area (Å²) in [5.41, 5.74) is 1.37. The molecule has 1 heterocycles. The molecule has 9 aromatic carbocycles. The summed E-state index contributed by atoms with van der Waals surface area (Å²) in [7, 11) is -6.04. The van der Waals surface area contributed by atoms with E-state index in [9.17, 15) is 21.6 Å². The van der Waals surface area contributed by atoms with Crippen LogP contribution in [0.1, 0.15) is 0 Å². The van der Waals surface area contributed by atoms with Crippen molar-refractivity contribution in [3.8, 4) is 5.75 Å². The molecule has 6 nitrogen and oxygen atoms in total. The molecule has 0 saturated heterocycles. The number of nitrogens with zero attached hydrogens (tertiary/aromatic N) is 2.